The summed E-state index contributed by atoms with van der Waals surface area (Å²) in [6.07, 6.45) is 8.47. The van der Waals surface area contributed by atoms with Crippen molar-refractivity contribution in [3.05, 3.63) is 22.7 Å². The van der Waals surface area contributed by atoms with E-state index in [9.17, 15) is 4.79 Å². The lowest BCUT2D eigenvalue weighted by Gasteiger charge is -2.43. The van der Waals surface area contributed by atoms with Gasteiger partial charge in [-0.3, -0.25) is 4.79 Å². The zero-order chi connectivity index (χ0) is 18.4. The molecule has 0 atom stereocenters. The minimum Gasteiger partial charge on any atom is -0.496 e. The molecule has 0 bridgehead atoms. The van der Waals surface area contributed by atoms with Crippen molar-refractivity contribution in [3.8, 4) is 5.75 Å². The number of anilines is 1. The Morgan fingerprint density at radius 2 is 2.00 bits per heavy atom. The number of nitrogens with two attached hydrogens (primary N) is 1. The van der Waals surface area contributed by atoms with Crippen LogP contribution in [0.1, 0.15) is 55.3 Å². The standard InChI is InChI=1S/C19H30ClN3O2/c1-23(2)19(8-5-4-6-9-19)10-7-11-22-18(24)14-12-15(20)16(21)13-17(14)25-3/h12-13H,4-11,21H2,1-3H3,(H,22,24). The number of carbonyl (C=O) groups excluding carboxylic acids is 1. The zero-order valence-corrected chi connectivity index (χ0v) is 16.3. The van der Waals surface area contributed by atoms with Crippen LogP contribution in [-0.2, 0) is 0 Å². The average Bonchev–Trinajstić information content (AvgIpc) is 2.61. The molecule has 0 aromatic heterocycles. The first-order valence-electron chi connectivity index (χ1n) is 8.98. The highest BCUT2D eigenvalue weighted by Gasteiger charge is 2.33. The Morgan fingerprint density at radius 3 is 2.60 bits per heavy atom. The Morgan fingerprint density at radius 1 is 1.32 bits per heavy atom. The van der Waals surface area contributed by atoms with Crippen LogP contribution in [0.2, 0.25) is 5.02 Å². The van der Waals surface area contributed by atoms with Gasteiger partial charge in [0.1, 0.15) is 5.75 Å². The van der Waals surface area contributed by atoms with Crippen molar-refractivity contribution < 1.29 is 9.53 Å². The Labute approximate surface area is 155 Å². The lowest BCUT2D eigenvalue weighted by Crippen LogP contribution is -2.46. The van der Waals surface area contributed by atoms with Crippen LogP contribution in [0.3, 0.4) is 0 Å². The van der Waals surface area contributed by atoms with Gasteiger partial charge in [0.2, 0.25) is 0 Å². The van der Waals surface area contributed by atoms with Gasteiger partial charge in [-0.1, -0.05) is 30.9 Å². The van der Waals surface area contributed by atoms with Gasteiger partial charge in [0, 0.05) is 18.2 Å². The van der Waals surface area contributed by atoms with Crippen LogP contribution in [0.5, 0.6) is 5.75 Å². The molecule has 1 aliphatic carbocycles. The summed E-state index contributed by atoms with van der Waals surface area (Å²) < 4.78 is 5.25. The third-order valence-corrected chi connectivity index (χ3v) is 5.73. The summed E-state index contributed by atoms with van der Waals surface area (Å²) in [4.78, 5) is 14.8. The van der Waals surface area contributed by atoms with Crippen molar-refractivity contribution in [2.24, 2.45) is 0 Å². The van der Waals surface area contributed by atoms with Gasteiger partial charge in [0.15, 0.2) is 0 Å². The van der Waals surface area contributed by atoms with Gasteiger partial charge in [-0.15, -0.1) is 0 Å². The average molecular weight is 368 g/mol. The highest BCUT2D eigenvalue weighted by atomic mass is 35.5. The quantitative estimate of drug-likeness (QED) is 0.569. The molecule has 1 aliphatic rings. The van der Waals surface area contributed by atoms with E-state index < -0.39 is 0 Å². The van der Waals surface area contributed by atoms with E-state index in [1.807, 2.05) is 0 Å². The van der Waals surface area contributed by atoms with Gasteiger partial charge in [-0.05, 0) is 45.8 Å². The Hall–Kier alpha value is -1.46. The largest absolute Gasteiger partial charge is 0.496 e. The maximum atomic E-state index is 12.5. The molecule has 3 N–H and O–H groups in total. The fourth-order valence-corrected chi connectivity index (χ4v) is 3.92. The SMILES string of the molecule is COc1cc(N)c(Cl)cc1C(=O)NCCCC1(N(C)C)CCCCC1. The van der Waals surface area contributed by atoms with Crippen LogP contribution in [-0.4, -0.2) is 44.1 Å². The van der Waals surface area contributed by atoms with Gasteiger partial charge >= 0.3 is 0 Å². The van der Waals surface area contributed by atoms with E-state index in [1.54, 1.807) is 12.1 Å². The number of hydrogen-bond acceptors (Lipinski definition) is 4. The van der Waals surface area contributed by atoms with Crippen molar-refractivity contribution in [1.82, 2.24) is 10.2 Å². The fraction of sp³-hybridized carbons (Fsp3) is 0.632. The number of nitrogens with one attached hydrogen (secondary N) is 1. The summed E-state index contributed by atoms with van der Waals surface area (Å²) in [7, 11) is 5.86. The number of methoxy groups -OCH3 is 1. The number of benzene rings is 1. The van der Waals surface area contributed by atoms with Crippen LogP contribution in [0, 0.1) is 0 Å². The predicted molar refractivity (Wildman–Crippen MR) is 103 cm³/mol. The number of amides is 1. The number of carbonyl (C=O) groups is 1. The summed E-state index contributed by atoms with van der Waals surface area (Å²) in [5, 5.41) is 3.34. The summed E-state index contributed by atoms with van der Waals surface area (Å²) in [6, 6.07) is 3.15. The summed E-state index contributed by atoms with van der Waals surface area (Å²) in [6.45, 7) is 0.638. The molecule has 0 aliphatic heterocycles. The van der Waals surface area contributed by atoms with Crippen molar-refractivity contribution in [1.29, 1.82) is 0 Å². The van der Waals surface area contributed by atoms with E-state index in [1.165, 1.54) is 39.2 Å². The molecule has 0 unspecified atom stereocenters. The van der Waals surface area contributed by atoms with E-state index in [-0.39, 0.29) is 11.4 Å². The Kier molecular flexibility index (Phi) is 6.96. The molecule has 0 saturated heterocycles. The molecule has 0 spiro atoms. The summed E-state index contributed by atoms with van der Waals surface area (Å²) in [5.74, 6) is 0.262. The fourth-order valence-electron chi connectivity index (χ4n) is 3.76. The molecule has 0 heterocycles. The number of hydrogen-bond donors (Lipinski definition) is 2. The second kappa shape index (κ2) is 8.77. The minimum atomic E-state index is -0.179. The Bertz CT molecular complexity index is 599. The van der Waals surface area contributed by atoms with Gasteiger partial charge in [0.25, 0.3) is 5.91 Å². The molecular weight excluding hydrogens is 338 g/mol. The van der Waals surface area contributed by atoms with E-state index in [4.69, 9.17) is 22.1 Å². The Balaban J connectivity index is 1.91. The monoisotopic (exact) mass is 367 g/mol. The normalized spacial score (nSPS) is 16.7. The maximum Gasteiger partial charge on any atom is 0.255 e. The molecular formula is C19H30ClN3O2. The van der Waals surface area contributed by atoms with Crippen molar-refractivity contribution in [3.63, 3.8) is 0 Å². The highest BCUT2D eigenvalue weighted by Crippen LogP contribution is 2.35. The third kappa shape index (κ3) is 4.79. The van der Waals surface area contributed by atoms with Crippen molar-refractivity contribution >= 4 is 23.2 Å². The molecule has 0 radical (unpaired) electrons. The highest BCUT2D eigenvalue weighted by molar-refractivity contribution is 6.33. The first kappa shape index (κ1) is 19.9. The molecule has 5 nitrogen and oxygen atoms in total. The number of halogens is 1. The van der Waals surface area contributed by atoms with Crippen LogP contribution in [0.4, 0.5) is 5.69 Å². The molecule has 2 rings (SSSR count). The molecule has 1 amide bonds. The van der Waals surface area contributed by atoms with Crippen molar-refractivity contribution in [2.45, 2.75) is 50.5 Å². The minimum absolute atomic E-state index is 0.179. The molecule has 140 valence electrons. The van der Waals surface area contributed by atoms with Gasteiger partial charge in [-0.25, -0.2) is 0 Å². The van der Waals surface area contributed by atoms with Crippen LogP contribution >= 0.6 is 11.6 Å². The van der Waals surface area contributed by atoms with E-state index in [0.29, 0.717) is 28.6 Å². The summed E-state index contributed by atoms with van der Waals surface area (Å²) in [5.41, 5.74) is 6.87. The third-order valence-electron chi connectivity index (χ3n) is 5.40. The molecule has 25 heavy (non-hydrogen) atoms. The molecule has 1 aromatic carbocycles. The van der Waals surface area contributed by atoms with Gasteiger partial charge in [-0.2, -0.15) is 0 Å². The van der Waals surface area contributed by atoms with E-state index in [0.717, 1.165) is 12.8 Å². The van der Waals surface area contributed by atoms with E-state index >= 15 is 0 Å². The molecule has 1 fully saturated rings. The lowest BCUT2D eigenvalue weighted by atomic mass is 9.77. The van der Waals surface area contributed by atoms with Crippen molar-refractivity contribution in [2.75, 3.05) is 33.5 Å². The first-order valence-corrected chi connectivity index (χ1v) is 9.36. The predicted octanol–water partition coefficient (Wildman–Crippen LogP) is 3.71. The molecule has 1 saturated carbocycles. The summed E-state index contributed by atoms with van der Waals surface area (Å²) >= 11 is 6.04. The second-order valence-corrected chi connectivity index (χ2v) is 7.52. The van der Waals surface area contributed by atoms with Crippen LogP contribution in [0.25, 0.3) is 0 Å². The number of rotatable bonds is 7. The number of nitrogens with zero attached hydrogens (tertiary/aromatic N) is 1. The lowest BCUT2D eigenvalue weighted by molar-refractivity contribution is 0.0854. The van der Waals surface area contributed by atoms with Gasteiger partial charge < -0.3 is 20.7 Å². The van der Waals surface area contributed by atoms with Gasteiger partial charge in [0.05, 0.1) is 23.4 Å². The smallest absolute Gasteiger partial charge is 0.255 e. The second-order valence-electron chi connectivity index (χ2n) is 7.11. The van der Waals surface area contributed by atoms with Crippen LogP contribution in [0.15, 0.2) is 12.1 Å². The maximum absolute atomic E-state index is 12.5. The number of ether oxygens (including phenoxy) is 1. The number of nitrogen functional groups attached to an aromatic ring is 1. The molecule has 6 heteroatoms. The topological polar surface area (TPSA) is 67.6 Å². The first-order chi connectivity index (χ1) is 11.9. The molecule has 1 aromatic rings. The zero-order valence-electron chi connectivity index (χ0n) is 15.5. The van der Waals surface area contributed by atoms with E-state index in [2.05, 4.69) is 24.3 Å². The van der Waals surface area contributed by atoms with Crippen LogP contribution < -0.4 is 15.8 Å².